The maximum atomic E-state index is 12.0. The largest absolute Gasteiger partial charge is 0.397 e. The molecule has 0 bridgehead atoms. The molecule has 2 rings (SSSR count). The Hall–Kier alpha value is -1.30. The minimum atomic E-state index is -0.715. The van der Waals surface area contributed by atoms with E-state index < -0.39 is 5.60 Å². The van der Waals surface area contributed by atoms with Gasteiger partial charge in [-0.3, -0.25) is 9.69 Å². The number of β-amino-alcohol motifs (C(OH)–C–C–N with tert-alkyl or cyclic N) is 1. The summed E-state index contributed by atoms with van der Waals surface area (Å²) in [4.78, 5) is 14.0. The Kier molecular flexibility index (Phi) is 4.52. The first kappa shape index (κ1) is 15.1. The van der Waals surface area contributed by atoms with Gasteiger partial charge in [-0.2, -0.15) is 0 Å². The summed E-state index contributed by atoms with van der Waals surface area (Å²) < 4.78 is 0. The SMILES string of the molecule is CC1(O)CCCN(CC(=O)Nc2cc(Cl)ccc2N)C1. The third-order valence-electron chi connectivity index (χ3n) is 3.41. The number of nitrogens with one attached hydrogen (secondary N) is 1. The van der Waals surface area contributed by atoms with Crippen molar-refractivity contribution in [3.63, 3.8) is 0 Å². The molecule has 1 aliphatic rings. The first-order chi connectivity index (χ1) is 9.35. The van der Waals surface area contributed by atoms with Crippen molar-refractivity contribution in [2.24, 2.45) is 0 Å². The number of amides is 1. The molecule has 1 saturated heterocycles. The van der Waals surface area contributed by atoms with Crippen LogP contribution in [0.15, 0.2) is 18.2 Å². The van der Waals surface area contributed by atoms with Gasteiger partial charge in [0, 0.05) is 11.6 Å². The third kappa shape index (κ3) is 4.10. The number of nitrogens with zero attached hydrogens (tertiary/aromatic N) is 1. The number of benzene rings is 1. The number of piperidine rings is 1. The molecular weight excluding hydrogens is 278 g/mol. The van der Waals surface area contributed by atoms with Crippen molar-refractivity contribution in [2.75, 3.05) is 30.7 Å². The van der Waals surface area contributed by atoms with Crippen LogP contribution in [0.4, 0.5) is 11.4 Å². The van der Waals surface area contributed by atoms with Crippen molar-refractivity contribution in [1.82, 2.24) is 4.90 Å². The quantitative estimate of drug-likeness (QED) is 0.742. The van der Waals surface area contributed by atoms with Crippen LogP contribution >= 0.6 is 11.6 Å². The molecule has 1 aliphatic heterocycles. The predicted molar refractivity (Wildman–Crippen MR) is 80.8 cm³/mol. The fraction of sp³-hybridized carbons (Fsp3) is 0.500. The van der Waals surface area contributed by atoms with E-state index in [1.165, 1.54) is 0 Å². The van der Waals surface area contributed by atoms with E-state index in [2.05, 4.69) is 5.32 Å². The number of likely N-dealkylation sites (tertiary alicyclic amines) is 1. The van der Waals surface area contributed by atoms with Crippen LogP contribution in [0.5, 0.6) is 0 Å². The first-order valence-electron chi connectivity index (χ1n) is 6.65. The van der Waals surface area contributed by atoms with E-state index >= 15 is 0 Å². The van der Waals surface area contributed by atoms with Gasteiger partial charge in [-0.1, -0.05) is 11.6 Å². The van der Waals surface area contributed by atoms with Gasteiger partial charge in [-0.15, -0.1) is 0 Å². The van der Waals surface area contributed by atoms with Gasteiger partial charge in [0.2, 0.25) is 5.91 Å². The summed E-state index contributed by atoms with van der Waals surface area (Å²) in [5.74, 6) is -0.156. The van der Waals surface area contributed by atoms with Crippen molar-refractivity contribution < 1.29 is 9.90 Å². The molecule has 0 saturated carbocycles. The molecule has 1 atom stereocenters. The maximum absolute atomic E-state index is 12.0. The molecule has 1 unspecified atom stereocenters. The number of aliphatic hydroxyl groups is 1. The fourth-order valence-electron chi connectivity index (χ4n) is 2.49. The van der Waals surface area contributed by atoms with Crippen LogP contribution in [0.1, 0.15) is 19.8 Å². The van der Waals surface area contributed by atoms with Gasteiger partial charge in [0.25, 0.3) is 0 Å². The van der Waals surface area contributed by atoms with Gasteiger partial charge in [-0.05, 0) is 44.5 Å². The molecule has 1 aromatic carbocycles. The standard InChI is InChI=1S/C14H20ClN3O2/c1-14(20)5-2-6-18(9-14)8-13(19)17-12-7-10(15)3-4-11(12)16/h3-4,7,20H,2,5-6,8-9,16H2,1H3,(H,17,19). The zero-order valence-corrected chi connectivity index (χ0v) is 12.3. The Morgan fingerprint density at radius 3 is 3.05 bits per heavy atom. The number of halogens is 1. The fourth-order valence-corrected chi connectivity index (χ4v) is 2.66. The van der Waals surface area contributed by atoms with E-state index in [-0.39, 0.29) is 12.5 Å². The number of anilines is 2. The van der Waals surface area contributed by atoms with Crippen LogP contribution in [-0.2, 0) is 4.79 Å². The van der Waals surface area contributed by atoms with Gasteiger partial charge in [0.05, 0.1) is 23.5 Å². The van der Waals surface area contributed by atoms with E-state index in [1.54, 1.807) is 25.1 Å². The molecule has 1 amide bonds. The van der Waals surface area contributed by atoms with E-state index in [0.717, 1.165) is 19.4 Å². The molecule has 0 spiro atoms. The molecule has 4 N–H and O–H groups in total. The lowest BCUT2D eigenvalue weighted by Crippen LogP contribution is -2.48. The van der Waals surface area contributed by atoms with Gasteiger partial charge in [-0.25, -0.2) is 0 Å². The third-order valence-corrected chi connectivity index (χ3v) is 3.65. The molecular formula is C14H20ClN3O2. The van der Waals surface area contributed by atoms with Crippen molar-refractivity contribution >= 4 is 28.9 Å². The Labute approximate surface area is 123 Å². The predicted octanol–water partition coefficient (Wildman–Crippen LogP) is 1.71. The summed E-state index contributed by atoms with van der Waals surface area (Å²) >= 11 is 5.88. The van der Waals surface area contributed by atoms with E-state index in [1.807, 2.05) is 4.90 Å². The van der Waals surface area contributed by atoms with Gasteiger partial charge in [0.15, 0.2) is 0 Å². The summed E-state index contributed by atoms with van der Waals surface area (Å²) in [7, 11) is 0. The summed E-state index contributed by atoms with van der Waals surface area (Å²) in [6.07, 6.45) is 1.66. The van der Waals surface area contributed by atoms with Crippen molar-refractivity contribution in [2.45, 2.75) is 25.4 Å². The average molecular weight is 298 g/mol. The summed E-state index contributed by atoms with van der Waals surface area (Å²) in [5, 5.41) is 13.3. The molecule has 110 valence electrons. The first-order valence-corrected chi connectivity index (χ1v) is 7.03. The Bertz CT molecular complexity index is 505. The topological polar surface area (TPSA) is 78.6 Å². The zero-order chi connectivity index (χ0) is 14.8. The zero-order valence-electron chi connectivity index (χ0n) is 11.5. The molecule has 0 aromatic heterocycles. The maximum Gasteiger partial charge on any atom is 0.238 e. The minimum Gasteiger partial charge on any atom is -0.397 e. The molecule has 6 heteroatoms. The van der Waals surface area contributed by atoms with Crippen LogP contribution in [0.2, 0.25) is 5.02 Å². The molecule has 1 heterocycles. The lowest BCUT2D eigenvalue weighted by Gasteiger charge is -2.36. The van der Waals surface area contributed by atoms with Crippen LogP contribution in [0, 0.1) is 0 Å². The molecule has 0 radical (unpaired) electrons. The monoisotopic (exact) mass is 297 g/mol. The number of nitrogens with two attached hydrogens (primary N) is 1. The summed E-state index contributed by atoms with van der Waals surface area (Å²) in [6.45, 7) is 3.36. The lowest BCUT2D eigenvalue weighted by molar-refractivity contribution is -0.118. The Balaban J connectivity index is 1.94. The van der Waals surface area contributed by atoms with Crippen LogP contribution < -0.4 is 11.1 Å². The number of rotatable bonds is 3. The van der Waals surface area contributed by atoms with Crippen molar-refractivity contribution in [3.05, 3.63) is 23.2 Å². The number of carbonyl (C=O) groups is 1. The van der Waals surface area contributed by atoms with E-state index in [4.69, 9.17) is 17.3 Å². The van der Waals surface area contributed by atoms with Crippen molar-refractivity contribution in [1.29, 1.82) is 0 Å². The van der Waals surface area contributed by atoms with Gasteiger partial charge in [0.1, 0.15) is 0 Å². The van der Waals surface area contributed by atoms with Crippen LogP contribution in [-0.4, -0.2) is 41.1 Å². The van der Waals surface area contributed by atoms with Gasteiger partial charge < -0.3 is 16.2 Å². The Morgan fingerprint density at radius 1 is 1.60 bits per heavy atom. The second kappa shape index (κ2) is 5.99. The molecule has 1 fully saturated rings. The van der Waals surface area contributed by atoms with Crippen LogP contribution in [0.25, 0.3) is 0 Å². The molecule has 0 aliphatic carbocycles. The number of nitrogen functional groups attached to an aromatic ring is 1. The highest BCUT2D eigenvalue weighted by atomic mass is 35.5. The normalized spacial score (nSPS) is 23.6. The molecule has 5 nitrogen and oxygen atoms in total. The Morgan fingerprint density at radius 2 is 2.35 bits per heavy atom. The minimum absolute atomic E-state index is 0.156. The average Bonchev–Trinajstić information content (AvgIpc) is 2.32. The summed E-state index contributed by atoms with van der Waals surface area (Å²) in [6, 6.07) is 4.96. The van der Waals surface area contributed by atoms with E-state index in [0.29, 0.717) is 22.9 Å². The number of hydrogen-bond acceptors (Lipinski definition) is 4. The highest BCUT2D eigenvalue weighted by Crippen LogP contribution is 2.23. The summed E-state index contributed by atoms with van der Waals surface area (Å²) in [5.41, 5.74) is 6.07. The molecule has 20 heavy (non-hydrogen) atoms. The lowest BCUT2D eigenvalue weighted by atomic mass is 9.95. The second-order valence-electron chi connectivity index (χ2n) is 5.59. The highest BCUT2D eigenvalue weighted by molar-refractivity contribution is 6.31. The number of hydrogen-bond donors (Lipinski definition) is 3. The van der Waals surface area contributed by atoms with Gasteiger partial charge >= 0.3 is 0 Å². The molecule has 1 aromatic rings. The smallest absolute Gasteiger partial charge is 0.238 e. The van der Waals surface area contributed by atoms with Crippen LogP contribution in [0.3, 0.4) is 0 Å². The van der Waals surface area contributed by atoms with E-state index in [9.17, 15) is 9.90 Å². The number of carbonyl (C=O) groups excluding carboxylic acids is 1. The van der Waals surface area contributed by atoms with Crippen molar-refractivity contribution in [3.8, 4) is 0 Å². The second-order valence-corrected chi connectivity index (χ2v) is 6.03. The highest BCUT2D eigenvalue weighted by Gasteiger charge is 2.29.